The lowest BCUT2D eigenvalue weighted by molar-refractivity contribution is 1.44. The molecule has 0 saturated heterocycles. The zero-order chi connectivity index (χ0) is 13.4. The molecule has 96 valence electrons. The Labute approximate surface area is 136 Å². The minimum Gasteiger partial charge on any atom is -0.330 e. The molecule has 2 aromatic carbocycles. The minimum absolute atomic E-state index is 0.670. The number of aromatic nitrogens is 1. The number of thiazole rings is 1. The summed E-state index contributed by atoms with van der Waals surface area (Å²) in [7, 11) is 0. The van der Waals surface area contributed by atoms with Gasteiger partial charge in [0, 0.05) is 8.95 Å². The molecule has 0 fully saturated rings. The maximum atomic E-state index is 6.16. The van der Waals surface area contributed by atoms with E-state index in [2.05, 4.69) is 48.2 Å². The Morgan fingerprint density at radius 1 is 1.05 bits per heavy atom. The summed E-state index contributed by atoms with van der Waals surface area (Å²) in [6.45, 7) is 0. The molecular weight excluding hydrogens is 411 g/mol. The number of nitrogens with one attached hydrogen (secondary N) is 1. The van der Waals surface area contributed by atoms with E-state index in [1.807, 2.05) is 30.3 Å². The van der Waals surface area contributed by atoms with E-state index >= 15 is 0 Å². The summed E-state index contributed by atoms with van der Waals surface area (Å²) < 4.78 is 3.15. The second-order valence-electron chi connectivity index (χ2n) is 3.88. The van der Waals surface area contributed by atoms with Crippen LogP contribution in [-0.2, 0) is 0 Å². The number of fused-ring (bicyclic) bond motifs is 1. The average molecular weight is 419 g/mol. The van der Waals surface area contributed by atoms with E-state index in [9.17, 15) is 0 Å². The van der Waals surface area contributed by atoms with Crippen LogP contribution in [0.25, 0.3) is 10.2 Å². The van der Waals surface area contributed by atoms with Crippen LogP contribution in [0.5, 0.6) is 0 Å². The fourth-order valence-electron chi connectivity index (χ4n) is 1.66. The molecule has 0 aliphatic rings. The first kappa shape index (κ1) is 13.4. The van der Waals surface area contributed by atoms with Crippen LogP contribution < -0.4 is 5.32 Å². The van der Waals surface area contributed by atoms with E-state index in [0.29, 0.717) is 5.02 Å². The predicted octanol–water partition coefficient (Wildman–Crippen LogP) is 6.22. The lowest BCUT2D eigenvalue weighted by atomic mass is 10.3. The fourth-order valence-corrected chi connectivity index (χ4v) is 3.62. The summed E-state index contributed by atoms with van der Waals surface area (Å²) in [4.78, 5) is 4.53. The highest BCUT2D eigenvalue weighted by Crippen LogP contribution is 2.33. The van der Waals surface area contributed by atoms with Crippen molar-refractivity contribution in [2.75, 3.05) is 5.32 Å². The fraction of sp³-hybridized carbons (Fsp3) is 0. The van der Waals surface area contributed by atoms with Gasteiger partial charge in [-0.25, -0.2) is 4.98 Å². The molecule has 3 rings (SSSR count). The number of hydrogen-bond acceptors (Lipinski definition) is 3. The van der Waals surface area contributed by atoms with Gasteiger partial charge in [0.15, 0.2) is 5.13 Å². The lowest BCUT2D eigenvalue weighted by Gasteiger charge is -2.05. The van der Waals surface area contributed by atoms with Crippen molar-refractivity contribution >= 4 is 75.8 Å². The lowest BCUT2D eigenvalue weighted by Crippen LogP contribution is -1.90. The third kappa shape index (κ3) is 2.94. The van der Waals surface area contributed by atoms with Crippen molar-refractivity contribution in [3.63, 3.8) is 0 Å². The maximum Gasteiger partial charge on any atom is 0.188 e. The van der Waals surface area contributed by atoms with Crippen molar-refractivity contribution in [2.24, 2.45) is 0 Å². The van der Waals surface area contributed by atoms with Gasteiger partial charge in [-0.2, -0.15) is 0 Å². The van der Waals surface area contributed by atoms with Gasteiger partial charge in [0.1, 0.15) is 0 Å². The molecule has 0 aliphatic carbocycles. The van der Waals surface area contributed by atoms with E-state index in [4.69, 9.17) is 11.6 Å². The molecule has 6 heteroatoms. The molecule has 19 heavy (non-hydrogen) atoms. The van der Waals surface area contributed by atoms with Gasteiger partial charge in [-0.15, -0.1) is 0 Å². The third-order valence-corrected chi connectivity index (χ3v) is 4.77. The molecular formula is C13H7Br2ClN2S. The van der Waals surface area contributed by atoms with E-state index in [0.717, 1.165) is 30.0 Å². The van der Waals surface area contributed by atoms with Crippen molar-refractivity contribution in [1.82, 2.24) is 4.98 Å². The first-order valence-corrected chi connectivity index (χ1v) is 8.18. The third-order valence-electron chi connectivity index (χ3n) is 2.52. The zero-order valence-electron chi connectivity index (χ0n) is 9.45. The topological polar surface area (TPSA) is 24.9 Å². The molecule has 0 bridgehead atoms. The molecule has 0 atom stereocenters. The highest BCUT2D eigenvalue weighted by Gasteiger charge is 2.07. The average Bonchev–Trinajstić information content (AvgIpc) is 2.75. The molecule has 0 saturated carbocycles. The number of anilines is 2. The Morgan fingerprint density at radius 3 is 2.63 bits per heavy atom. The molecule has 1 heterocycles. The summed E-state index contributed by atoms with van der Waals surface area (Å²) in [6.07, 6.45) is 0. The molecule has 0 radical (unpaired) electrons. The second-order valence-corrected chi connectivity index (χ2v) is 7.15. The number of rotatable bonds is 2. The molecule has 0 aliphatic heterocycles. The van der Waals surface area contributed by atoms with Gasteiger partial charge >= 0.3 is 0 Å². The Hall–Kier alpha value is -0.620. The maximum absolute atomic E-state index is 6.16. The van der Waals surface area contributed by atoms with Crippen molar-refractivity contribution < 1.29 is 0 Å². The monoisotopic (exact) mass is 416 g/mol. The van der Waals surface area contributed by atoms with Crippen molar-refractivity contribution in [3.8, 4) is 0 Å². The minimum atomic E-state index is 0.670. The molecule has 2 nitrogen and oxygen atoms in total. The first-order chi connectivity index (χ1) is 9.11. The van der Waals surface area contributed by atoms with Gasteiger partial charge in [0.2, 0.25) is 0 Å². The van der Waals surface area contributed by atoms with Crippen LogP contribution in [0, 0.1) is 0 Å². The number of nitrogens with zero attached hydrogens (tertiary/aromatic N) is 1. The van der Waals surface area contributed by atoms with E-state index < -0.39 is 0 Å². The normalized spacial score (nSPS) is 10.9. The predicted molar refractivity (Wildman–Crippen MR) is 89.8 cm³/mol. The van der Waals surface area contributed by atoms with Gasteiger partial charge in [0.25, 0.3) is 0 Å². The summed E-state index contributed by atoms with van der Waals surface area (Å²) in [6, 6.07) is 11.7. The SMILES string of the molecule is Clc1ccc(Br)cc1Nc1nc2ccc(Br)cc2s1. The van der Waals surface area contributed by atoms with Crippen LogP contribution in [0.2, 0.25) is 5.02 Å². The molecule has 1 N–H and O–H groups in total. The van der Waals surface area contributed by atoms with Gasteiger partial charge < -0.3 is 5.32 Å². The summed E-state index contributed by atoms with van der Waals surface area (Å²) in [5.41, 5.74) is 1.82. The Bertz CT molecular complexity index is 757. The quantitative estimate of drug-likeness (QED) is 0.534. The smallest absolute Gasteiger partial charge is 0.188 e. The molecule has 0 amide bonds. The molecule has 3 aromatic rings. The van der Waals surface area contributed by atoms with Crippen LogP contribution in [0.4, 0.5) is 10.8 Å². The van der Waals surface area contributed by atoms with Crippen molar-refractivity contribution in [2.45, 2.75) is 0 Å². The van der Waals surface area contributed by atoms with Crippen molar-refractivity contribution in [3.05, 3.63) is 50.4 Å². The number of hydrogen-bond donors (Lipinski definition) is 1. The molecule has 1 aromatic heterocycles. The van der Waals surface area contributed by atoms with E-state index in [-0.39, 0.29) is 0 Å². The summed E-state index contributed by atoms with van der Waals surface area (Å²) in [5, 5.41) is 4.75. The Balaban J connectivity index is 1.98. The first-order valence-electron chi connectivity index (χ1n) is 5.40. The highest BCUT2D eigenvalue weighted by molar-refractivity contribution is 9.10. The summed E-state index contributed by atoms with van der Waals surface area (Å²) in [5.74, 6) is 0. The molecule has 0 spiro atoms. The van der Waals surface area contributed by atoms with Crippen LogP contribution in [0.15, 0.2) is 45.3 Å². The second kappa shape index (κ2) is 5.40. The summed E-state index contributed by atoms with van der Waals surface area (Å²) >= 11 is 14.6. The molecule has 0 unspecified atom stereocenters. The van der Waals surface area contributed by atoms with Gasteiger partial charge in [-0.1, -0.05) is 54.8 Å². The standard InChI is InChI=1S/C13H7Br2ClN2S/c14-7-1-3-9(16)11(5-7)18-13-17-10-4-2-8(15)6-12(10)19-13/h1-6H,(H,17,18). The van der Waals surface area contributed by atoms with Gasteiger partial charge in [0.05, 0.1) is 20.9 Å². The van der Waals surface area contributed by atoms with E-state index in [1.54, 1.807) is 11.3 Å². The van der Waals surface area contributed by atoms with Crippen LogP contribution in [0.1, 0.15) is 0 Å². The van der Waals surface area contributed by atoms with Gasteiger partial charge in [-0.05, 0) is 36.4 Å². The van der Waals surface area contributed by atoms with Crippen LogP contribution in [0.3, 0.4) is 0 Å². The van der Waals surface area contributed by atoms with Crippen molar-refractivity contribution in [1.29, 1.82) is 0 Å². The largest absolute Gasteiger partial charge is 0.330 e. The number of halogens is 3. The van der Waals surface area contributed by atoms with E-state index in [1.165, 1.54) is 0 Å². The Kier molecular flexibility index (Phi) is 3.80. The van der Waals surface area contributed by atoms with Crippen LogP contribution >= 0.6 is 54.8 Å². The van der Waals surface area contributed by atoms with Crippen LogP contribution in [-0.4, -0.2) is 4.98 Å². The zero-order valence-corrected chi connectivity index (χ0v) is 14.2. The number of benzene rings is 2. The highest BCUT2D eigenvalue weighted by atomic mass is 79.9. The van der Waals surface area contributed by atoms with Gasteiger partial charge in [-0.3, -0.25) is 0 Å². The Morgan fingerprint density at radius 2 is 1.79 bits per heavy atom.